The molecule has 0 aliphatic heterocycles. The highest BCUT2D eigenvalue weighted by Crippen LogP contribution is 2.09. The fourth-order valence-corrected chi connectivity index (χ4v) is 2.09. The van der Waals surface area contributed by atoms with Crippen LogP contribution in [-0.2, 0) is 11.3 Å². The molecule has 3 heteroatoms. The lowest BCUT2D eigenvalue weighted by molar-refractivity contribution is -0.903. The summed E-state index contributed by atoms with van der Waals surface area (Å²) in [5, 5.41) is 2.88. The first kappa shape index (κ1) is 15.4. The number of nitrogens with one attached hydrogen (secondary N) is 1. The van der Waals surface area contributed by atoms with Crippen LogP contribution in [0.2, 0.25) is 0 Å². The zero-order valence-corrected chi connectivity index (χ0v) is 12.2. The number of nitrogens with zero attached hydrogens (tertiary/aromatic N) is 1. The summed E-state index contributed by atoms with van der Waals surface area (Å²) in [5.41, 5.74) is 1.35. The minimum atomic E-state index is -0.00383. The molecule has 0 aromatic heterocycles. The van der Waals surface area contributed by atoms with Gasteiger partial charge in [0, 0.05) is 18.5 Å². The third kappa shape index (κ3) is 6.77. The lowest BCUT2D eigenvalue weighted by atomic mass is 10.2. The fourth-order valence-electron chi connectivity index (χ4n) is 2.09. The van der Waals surface area contributed by atoms with Crippen molar-refractivity contribution >= 4 is 5.91 Å². The largest absolute Gasteiger partial charge is 0.352 e. The van der Waals surface area contributed by atoms with Crippen LogP contribution < -0.4 is 5.32 Å². The number of hydrogen-bond acceptors (Lipinski definition) is 1. The maximum atomic E-state index is 11.3. The number of benzene rings is 1. The van der Waals surface area contributed by atoms with Crippen LogP contribution in [0.3, 0.4) is 0 Å². The first-order chi connectivity index (χ1) is 9.03. The van der Waals surface area contributed by atoms with Crippen molar-refractivity contribution in [2.24, 2.45) is 0 Å². The minimum Gasteiger partial charge on any atom is -0.352 e. The van der Waals surface area contributed by atoms with E-state index < -0.39 is 0 Å². The van der Waals surface area contributed by atoms with E-state index in [4.69, 9.17) is 0 Å². The summed E-state index contributed by atoms with van der Waals surface area (Å²) in [6.45, 7) is 4.65. The van der Waals surface area contributed by atoms with Crippen LogP contribution in [-0.4, -0.2) is 37.6 Å². The van der Waals surface area contributed by atoms with Gasteiger partial charge in [0.2, 0.25) is 5.91 Å². The third-order valence-corrected chi connectivity index (χ3v) is 3.01. The van der Waals surface area contributed by atoms with Crippen molar-refractivity contribution in [2.75, 3.05) is 27.2 Å². The van der Waals surface area contributed by atoms with E-state index in [1.807, 2.05) is 13.0 Å². The van der Waals surface area contributed by atoms with Crippen molar-refractivity contribution in [1.82, 2.24) is 5.32 Å². The zero-order valence-electron chi connectivity index (χ0n) is 12.2. The third-order valence-electron chi connectivity index (χ3n) is 3.01. The number of amides is 1. The quantitative estimate of drug-likeness (QED) is 0.455. The van der Waals surface area contributed by atoms with Gasteiger partial charge in [-0.05, 0) is 13.0 Å². The summed E-state index contributed by atoms with van der Waals surface area (Å²) in [7, 11) is 4.45. The lowest BCUT2D eigenvalue weighted by Gasteiger charge is -2.30. The smallest absolute Gasteiger partial charge is 0.243 e. The Morgan fingerprint density at radius 2 is 1.95 bits per heavy atom. The molecular formula is C16H25N2O+. The molecule has 0 aliphatic carbocycles. The Labute approximate surface area is 116 Å². The monoisotopic (exact) mass is 261 g/mol. The van der Waals surface area contributed by atoms with Gasteiger partial charge >= 0.3 is 0 Å². The van der Waals surface area contributed by atoms with Crippen LogP contribution in [0.4, 0.5) is 0 Å². The van der Waals surface area contributed by atoms with Crippen LogP contribution in [0.5, 0.6) is 0 Å². The van der Waals surface area contributed by atoms with Gasteiger partial charge in [-0.1, -0.05) is 36.4 Å². The highest BCUT2D eigenvalue weighted by molar-refractivity contribution is 5.87. The Balaban J connectivity index is 2.29. The second-order valence-corrected chi connectivity index (χ2v) is 5.45. The summed E-state index contributed by atoms with van der Waals surface area (Å²) in [5.74, 6) is -0.00383. The summed E-state index contributed by atoms with van der Waals surface area (Å²) < 4.78 is 0.934. The van der Waals surface area contributed by atoms with Crippen molar-refractivity contribution in [3.05, 3.63) is 48.0 Å². The summed E-state index contributed by atoms with van der Waals surface area (Å²) in [4.78, 5) is 11.3. The van der Waals surface area contributed by atoms with E-state index in [9.17, 15) is 4.79 Å². The average Bonchev–Trinajstić information content (AvgIpc) is 2.36. The summed E-state index contributed by atoms with van der Waals surface area (Å²) in [6, 6.07) is 10.5. The maximum Gasteiger partial charge on any atom is 0.243 e. The van der Waals surface area contributed by atoms with Crippen molar-refractivity contribution < 1.29 is 9.28 Å². The molecule has 1 N–H and O–H groups in total. The molecule has 104 valence electrons. The van der Waals surface area contributed by atoms with E-state index in [2.05, 4.69) is 43.7 Å². The molecule has 0 saturated heterocycles. The molecule has 3 nitrogen and oxygen atoms in total. The average molecular weight is 261 g/mol. The van der Waals surface area contributed by atoms with E-state index in [1.165, 1.54) is 5.56 Å². The molecule has 0 heterocycles. The number of rotatable bonds is 7. The molecule has 1 rings (SSSR count). The summed E-state index contributed by atoms with van der Waals surface area (Å²) in [6.07, 6.45) is 4.30. The number of allylic oxidation sites excluding steroid dienone is 1. The molecule has 0 spiro atoms. The van der Waals surface area contributed by atoms with Gasteiger partial charge in [-0.25, -0.2) is 0 Å². The molecule has 1 aromatic rings. The van der Waals surface area contributed by atoms with Gasteiger partial charge in [0.15, 0.2) is 0 Å². The topological polar surface area (TPSA) is 29.1 Å². The predicted molar refractivity (Wildman–Crippen MR) is 79.6 cm³/mol. The molecule has 19 heavy (non-hydrogen) atoms. The van der Waals surface area contributed by atoms with Crippen LogP contribution >= 0.6 is 0 Å². The molecule has 0 bridgehead atoms. The molecule has 1 aromatic carbocycles. The van der Waals surface area contributed by atoms with E-state index in [1.54, 1.807) is 12.2 Å². The van der Waals surface area contributed by atoms with Gasteiger partial charge in [-0.3, -0.25) is 4.79 Å². The number of carbonyl (C=O) groups is 1. The van der Waals surface area contributed by atoms with E-state index in [0.29, 0.717) is 0 Å². The molecular weight excluding hydrogens is 236 g/mol. The van der Waals surface area contributed by atoms with E-state index in [0.717, 1.165) is 30.5 Å². The van der Waals surface area contributed by atoms with Gasteiger partial charge in [0.1, 0.15) is 6.54 Å². The Morgan fingerprint density at radius 3 is 2.58 bits per heavy atom. The molecule has 0 radical (unpaired) electrons. The minimum absolute atomic E-state index is 0.00383. The highest BCUT2D eigenvalue weighted by Gasteiger charge is 2.15. The van der Waals surface area contributed by atoms with Crippen molar-refractivity contribution in [3.8, 4) is 0 Å². The molecule has 1 amide bonds. The Bertz CT molecular complexity index is 410. The molecule has 0 aliphatic rings. The second kappa shape index (κ2) is 7.74. The number of hydrogen-bond donors (Lipinski definition) is 1. The van der Waals surface area contributed by atoms with Gasteiger partial charge in [0.05, 0.1) is 20.6 Å². The second-order valence-electron chi connectivity index (χ2n) is 5.45. The molecule has 0 unspecified atom stereocenters. The van der Waals surface area contributed by atoms with Gasteiger partial charge in [-0.2, -0.15) is 0 Å². The van der Waals surface area contributed by atoms with Crippen LogP contribution in [0, 0.1) is 0 Å². The highest BCUT2D eigenvalue weighted by atomic mass is 16.1. The van der Waals surface area contributed by atoms with Gasteiger partial charge in [-0.15, -0.1) is 0 Å². The standard InChI is InChI=1S/C16H24N2O/c1-4-9-16(19)17-12-8-13-18(2,3)14-15-10-6-5-7-11-15/h4-7,9-11H,8,12-14H2,1-3H3/p+1. The first-order valence-corrected chi connectivity index (χ1v) is 6.80. The van der Waals surface area contributed by atoms with Crippen LogP contribution in [0.25, 0.3) is 0 Å². The number of quaternary nitrogens is 1. The Hall–Kier alpha value is -1.61. The first-order valence-electron chi connectivity index (χ1n) is 6.80. The Morgan fingerprint density at radius 1 is 1.26 bits per heavy atom. The fraction of sp³-hybridized carbons (Fsp3) is 0.438. The van der Waals surface area contributed by atoms with Gasteiger partial charge in [0.25, 0.3) is 0 Å². The van der Waals surface area contributed by atoms with Crippen LogP contribution in [0.15, 0.2) is 42.5 Å². The normalized spacial score (nSPS) is 11.7. The molecule has 0 saturated carbocycles. The molecule has 0 atom stereocenters. The van der Waals surface area contributed by atoms with Crippen molar-refractivity contribution in [3.63, 3.8) is 0 Å². The maximum absolute atomic E-state index is 11.3. The van der Waals surface area contributed by atoms with Crippen LogP contribution in [0.1, 0.15) is 18.9 Å². The Kier molecular flexibility index (Phi) is 6.30. The van der Waals surface area contributed by atoms with Gasteiger partial charge < -0.3 is 9.80 Å². The van der Waals surface area contributed by atoms with E-state index >= 15 is 0 Å². The SMILES string of the molecule is CC=CC(=O)NCCC[N+](C)(C)Cc1ccccc1. The van der Waals surface area contributed by atoms with Crippen molar-refractivity contribution in [2.45, 2.75) is 19.9 Å². The lowest BCUT2D eigenvalue weighted by Crippen LogP contribution is -2.40. The van der Waals surface area contributed by atoms with Crippen molar-refractivity contribution in [1.29, 1.82) is 0 Å². The zero-order chi connectivity index (χ0) is 14.1. The van der Waals surface area contributed by atoms with E-state index in [-0.39, 0.29) is 5.91 Å². The predicted octanol–water partition coefficient (Wildman–Crippen LogP) is 2.35. The number of carbonyl (C=O) groups excluding carboxylic acids is 1. The molecule has 0 fully saturated rings. The summed E-state index contributed by atoms with van der Waals surface area (Å²) >= 11 is 0.